The quantitative estimate of drug-likeness (QED) is 0.785. The maximum absolute atomic E-state index is 10.9. The van der Waals surface area contributed by atoms with Gasteiger partial charge in [-0.2, -0.15) is 0 Å². The van der Waals surface area contributed by atoms with Gasteiger partial charge in [-0.1, -0.05) is 12.1 Å². The standard InChI is InChI=1S/C16H16O3/c1-18-14-8-12-7-10(9-17)3-6-13(12)15(11-4-5-11)16(14)19-2/h3,6-9,11H,4-5H2,1-2H3. The van der Waals surface area contributed by atoms with E-state index >= 15 is 0 Å². The number of rotatable bonds is 4. The van der Waals surface area contributed by atoms with E-state index in [0.29, 0.717) is 11.5 Å². The van der Waals surface area contributed by atoms with Crippen LogP contribution in [0.1, 0.15) is 34.7 Å². The van der Waals surface area contributed by atoms with Crippen LogP contribution in [0.15, 0.2) is 24.3 Å². The van der Waals surface area contributed by atoms with Crippen LogP contribution in [0.4, 0.5) is 0 Å². The predicted molar refractivity (Wildman–Crippen MR) is 74.4 cm³/mol. The first kappa shape index (κ1) is 12.0. The summed E-state index contributed by atoms with van der Waals surface area (Å²) in [5, 5.41) is 2.19. The van der Waals surface area contributed by atoms with Gasteiger partial charge in [-0.15, -0.1) is 0 Å². The second kappa shape index (κ2) is 4.57. The number of methoxy groups -OCH3 is 2. The monoisotopic (exact) mass is 256 g/mol. The van der Waals surface area contributed by atoms with Crippen molar-refractivity contribution in [3.05, 3.63) is 35.4 Å². The van der Waals surface area contributed by atoms with Crippen molar-refractivity contribution in [2.75, 3.05) is 14.2 Å². The smallest absolute Gasteiger partial charge is 0.164 e. The predicted octanol–water partition coefficient (Wildman–Crippen LogP) is 3.55. The van der Waals surface area contributed by atoms with Crippen molar-refractivity contribution in [1.29, 1.82) is 0 Å². The molecule has 0 saturated heterocycles. The molecule has 0 spiro atoms. The average molecular weight is 256 g/mol. The van der Waals surface area contributed by atoms with Crippen LogP contribution in [-0.2, 0) is 0 Å². The Kier molecular flexibility index (Phi) is 2.90. The van der Waals surface area contributed by atoms with Crippen molar-refractivity contribution >= 4 is 17.1 Å². The number of fused-ring (bicyclic) bond motifs is 1. The molecule has 1 aliphatic carbocycles. The second-order valence-corrected chi connectivity index (χ2v) is 4.90. The number of hydrogen-bond donors (Lipinski definition) is 0. The molecular formula is C16H16O3. The molecule has 0 N–H and O–H groups in total. The van der Waals surface area contributed by atoms with Gasteiger partial charge in [0.15, 0.2) is 11.5 Å². The van der Waals surface area contributed by atoms with Gasteiger partial charge in [0.1, 0.15) is 6.29 Å². The van der Waals surface area contributed by atoms with Crippen LogP contribution in [-0.4, -0.2) is 20.5 Å². The largest absolute Gasteiger partial charge is 0.493 e. The molecule has 0 aliphatic heterocycles. The summed E-state index contributed by atoms with van der Waals surface area (Å²) in [7, 11) is 3.32. The first-order chi connectivity index (χ1) is 9.28. The molecule has 0 radical (unpaired) electrons. The fourth-order valence-electron chi connectivity index (χ4n) is 2.62. The Morgan fingerprint density at radius 1 is 1.16 bits per heavy atom. The van der Waals surface area contributed by atoms with Crippen molar-refractivity contribution in [3.63, 3.8) is 0 Å². The summed E-state index contributed by atoms with van der Waals surface area (Å²) >= 11 is 0. The van der Waals surface area contributed by atoms with Gasteiger partial charge in [0, 0.05) is 11.1 Å². The summed E-state index contributed by atoms with van der Waals surface area (Å²) in [6.07, 6.45) is 3.25. The lowest BCUT2D eigenvalue weighted by Crippen LogP contribution is -1.97. The van der Waals surface area contributed by atoms with Gasteiger partial charge in [0.25, 0.3) is 0 Å². The van der Waals surface area contributed by atoms with Gasteiger partial charge < -0.3 is 9.47 Å². The maximum atomic E-state index is 10.9. The highest BCUT2D eigenvalue weighted by Crippen LogP contribution is 2.50. The normalized spacial score (nSPS) is 14.4. The van der Waals surface area contributed by atoms with E-state index in [9.17, 15) is 4.79 Å². The van der Waals surface area contributed by atoms with E-state index in [-0.39, 0.29) is 0 Å². The minimum Gasteiger partial charge on any atom is -0.493 e. The van der Waals surface area contributed by atoms with Gasteiger partial charge in [0.2, 0.25) is 0 Å². The van der Waals surface area contributed by atoms with Crippen LogP contribution in [0.3, 0.4) is 0 Å². The zero-order valence-corrected chi connectivity index (χ0v) is 11.1. The van der Waals surface area contributed by atoms with Gasteiger partial charge in [-0.05, 0) is 41.7 Å². The second-order valence-electron chi connectivity index (χ2n) is 4.90. The van der Waals surface area contributed by atoms with E-state index in [1.807, 2.05) is 24.3 Å². The molecule has 0 atom stereocenters. The fraction of sp³-hybridized carbons (Fsp3) is 0.312. The molecule has 2 aromatic carbocycles. The van der Waals surface area contributed by atoms with E-state index < -0.39 is 0 Å². The molecule has 3 heteroatoms. The third-order valence-corrected chi connectivity index (χ3v) is 3.67. The molecule has 0 bridgehead atoms. The van der Waals surface area contributed by atoms with E-state index in [1.54, 1.807) is 14.2 Å². The van der Waals surface area contributed by atoms with Crippen LogP contribution in [0.5, 0.6) is 11.5 Å². The lowest BCUT2D eigenvalue weighted by molar-refractivity contribution is 0.112. The molecule has 1 fully saturated rings. The number of benzene rings is 2. The van der Waals surface area contributed by atoms with Crippen LogP contribution >= 0.6 is 0 Å². The van der Waals surface area contributed by atoms with Gasteiger partial charge >= 0.3 is 0 Å². The third-order valence-electron chi connectivity index (χ3n) is 3.67. The molecule has 0 aromatic heterocycles. The third kappa shape index (κ3) is 1.95. The van der Waals surface area contributed by atoms with Crippen molar-refractivity contribution in [2.45, 2.75) is 18.8 Å². The van der Waals surface area contributed by atoms with Crippen molar-refractivity contribution in [1.82, 2.24) is 0 Å². The Hall–Kier alpha value is -2.03. The molecule has 98 valence electrons. The van der Waals surface area contributed by atoms with Crippen molar-refractivity contribution in [3.8, 4) is 11.5 Å². The first-order valence-corrected chi connectivity index (χ1v) is 6.42. The van der Waals surface area contributed by atoms with Crippen molar-refractivity contribution in [2.24, 2.45) is 0 Å². The minimum atomic E-state index is 0.551. The van der Waals surface area contributed by atoms with Crippen LogP contribution < -0.4 is 9.47 Å². The Morgan fingerprint density at radius 2 is 1.95 bits per heavy atom. The van der Waals surface area contributed by atoms with Gasteiger partial charge in [-0.3, -0.25) is 4.79 Å². The zero-order chi connectivity index (χ0) is 13.4. The van der Waals surface area contributed by atoms with Gasteiger partial charge in [0.05, 0.1) is 14.2 Å². The highest BCUT2D eigenvalue weighted by molar-refractivity contribution is 5.94. The first-order valence-electron chi connectivity index (χ1n) is 6.42. The molecule has 0 unspecified atom stereocenters. The van der Waals surface area contributed by atoms with Crippen molar-refractivity contribution < 1.29 is 14.3 Å². The lowest BCUT2D eigenvalue weighted by Gasteiger charge is -2.15. The molecule has 0 heterocycles. The molecule has 3 rings (SSSR count). The average Bonchev–Trinajstić information content (AvgIpc) is 3.28. The number of ether oxygens (including phenoxy) is 2. The molecule has 1 saturated carbocycles. The lowest BCUT2D eigenvalue weighted by atomic mass is 9.97. The minimum absolute atomic E-state index is 0.551. The topological polar surface area (TPSA) is 35.5 Å². The van der Waals surface area contributed by atoms with E-state index in [0.717, 1.165) is 28.6 Å². The van der Waals surface area contributed by atoms with Crippen LogP contribution in [0.25, 0.3) is 10.8 Å². The van der Waals surface area contributed by atoms with Crippen LogP contribution in [0.2, 0.25) is 0 Å². The Balaban J connectivity index is 2.33. The molecule has 1 aliphatic rings. The molecule has 0 amide bonds. The van der Waals surface area contributed by atoms with Gasteiger partial charge in [-0.25, -0.2) is 0 Å². The highest BCUT2D eigenvalue weighted by atomic mass is 16.5. The van der Waals surface area contributed by atoms with Crippen LogP contribution in [0, 0.1) is 0 Å². The molecule has 2 aromatic rings. The number of carbonyl (C=O) groups excluding carboxylic acids is 1. The Bertz CT molecular complexity index is 642. The zero-order valence-electron chi connectivity index (χ0n) is 11.1. The number of aldehydes is 1. The summed E-state index contributed by atoms with van der Waals surface area (Å²) < 4.78 is 11.0. The Labute approximate surface area is 112 Å². The molecule has 19 heavy (non-hydrogen) atoms. The summed E-state index contributed by atoms with van der Waals surface area (Å²) in [6.45, 7) is 0. The summed E-state index contributed by atoms with van der Waals surface area (Å²) in [5.74, 6) is 2.12. The summed E-state index contributed by atoms with van der Waals surface area (Å²) in [5.41, 5.74) is 1.90. The SMILES string of the molecule is COc1cc2cc(C=O)ccc2c(C2CC2)c1OC. The highest BCUT2D eigenvalue weighted by Gasteiger charge is 2.30. The van der Waals surface area contributed by atoms with E-state index in [1.165, 1.54) is 18.4 Å². The fourth-order valence-corrected chi connectivity index (χ4v) is 2.62. The maximum Gasteiger partial charge on any atom is 0.164 e. The van der Waals surface area contributed by atoms with E-state index in [2.05, 4.69) is 0 Å². The molecular weight excluding hydrogens is 240 g/mol. The molecule has 3 nitrogen and oxygen atoms in total. The Morgan fingerprint density at radius 3 is 2.53 bits per heavy atom. The number of hydrogen-bond acceptors (Lipinski definition) is 3. The summed E-state index contributed by atoms with van der Waals surface area (Å²) in [6, 6.07) is 7.70. The number of carbonyl (C=O) groups is 1. The summed E-state index contributed by atoms with van der Waals surface area (Å²) in [4.78, 5) is 10.9. The van der Waals surface area contributed by atoms with E-state index in [4.69, 9.17) is 9.47 Å².